The molecule has 1 aliphatic rings. The van der Waals surface area contributed by atoms with E-state index in [0.29, 0.717) is 24.4 Å². The molecule has 0 bridgehead atoms. The SMILES string of the molecule is CNS(=O)(=O)c1cc(C(=O)N2CCNC(C)C2)c(C)o1. The van der Waals surface area contributed by atoms with Gasteiger partial charge >= 0.3 is 0 Å². The Kier molecular flexibility index (Phi) is 4.17. The van der Waals surface area contributed by atoms with Crippen LogP contribution in [0.5, 0.6) is 0 Å². The van der Waals surface area contributed by atoms with E-state index in [4.69, 9.17) is 4.42 Å². The molecule has 1 fully saturated rings. The van der Waals surface area contributed by atoms with E-state index >= 15 is 0 Å². The molecule has 2 heterocycles. The third kappa shape index (κ3) is 2.87. The van der Waals surface area contributed by atoms with Crippen LogP contribution in [0.15, 0.2) is 15.6 Å². The normalized spacial score (nSPS) is 20.1. The van der Waals surface area contributed by atoms with Crippen molar-refractivity contribution < 1.29 is 17.6 Å². The van der Waals surface area contributed by atoms with Crippen LogP contribution in [0.1, 0.15) is 23.0 Å². The Morgan fingerprint density at radius 1 is 1.55 bits per heavy atom. The lowest BCUT2D eigenvalue weighted by molar-refractivity contribution is 0.0707. The molecular weight excluding hydrogens is 282 g/mol. The van der Waals surface area contributed by atoms with E-state index in [1.54, 1.807) is 11.8 Å². The fourth-order valence-corrected chi connectivity index (χ4v) is 2.90. The molecule has 0 aliphatic carbocycles. The lowest BCUT2D eigenvalue weighted by Crippen LogP contribution is -2.51. The zero-order valence-corrected chi connectivity index (χ0v) is 12.6. The topological polar surface area (TPSA) is 91.7 Å². The van der Waals surface area contributed by atoms with Crippen LogP contribution in [0, 0.1) is 6.92 Å². The number of nitrogens with zero attached hydrogens (tertiary/aromatic N) is 1. The molecule has 8 heteroatoms. The molecule has 1 amide bonds. The minimum Gasteiger partial charge on any atom is -0.448 e. The van der Waals surface area contributed by atoms with E-state index in [-0.39, 0.29) is 17.0 Å². The van der Waals surface area contributed by atoms with Crippen LogP contribution >= 0.6 is 0 Å². The van der Waals surface area contributed by atoms with Crippen LogP contribution < -0.4 is 10.0 Å². The lowest BCUT2D eigenvalue weighted by Gasteiger charge is -2.31. The second-order valence-corrected chi connectivity index (χ2v) is 6.67. The highest BCUT2D eigenvalue weighted by Gasteiger charge is 2.27. The fourth-order valence-electron chi connectivity index (χ4n) is 2.19. The quantitative estimate of drug-likeness (QED) is 0.815. The summed E-state index contributed by atoms with van der Waals surface area (Å²) in [7, 11) is -2.38. The van der Waals surface area contributed by atoms with Gasteiger partial charge in [0.1, 0.15) is 5.76 Å². The number of hydrogen-bond acceptors (Lipinski definition) is 5. The Hall–Kier alpha value is -1.38. The van der Waals surface area contributed by atoms with Gasteiger partial charge in [-0.1, -0.05) is 0 Å². The first kappa shape index (κ1) is 15.0. The summed E-state index contributed by atoms with van der Waals surface area (Å²) < 4.78 is 30.7. The van der Waals surface area contributed by atoms with E-state index in [2.05, 4.69) is 10.0 Å². The molecule has 1 aliphatic heterocycles. The number of carbonyl (C=O) groups excluding carboxylic acids is 1. The summed E-state index contributed by atoms with van der Waals surface area (Å²) >= 11 is 0. The number of furan rings is 1. The third-order valence-corrected chi connectivity index (χ3v) is 4.58. The Bertz CT molecular complexity index is 608. The summed E-state index contributed by atoms with van der Waals surface area (Å²) in [4.78, 5) is 14.1. The average molecular weight is 301 g/mol. The first-order chi connectivity index (χ1) is 9.35. The van der Waals surface area contributed by atoms with Crippen molar-refractivity contribution in [2.75, 3.05) is 26.7 Å². The Balaban J connectivity index is 2.27. The number of rotatable bonds is 3. The van der Waals surface area contributed by atoms with Gasteiger partial charge in [0.15, 0.2) is 0 Å². The number of nitrogens with one attached hydrogen (secondary N) is 2. The highest BCUT2D eigenvalue weighted by molar-refractivity contribution is 7.89. The van der Waals surface area contributed by atoms with Gasteiger partial charge in [-0.3, -0.25) is 4.79 Å². The van der Waals surface area contributed by atoms with Gasteiger partial charge in [-0.2, -0.15) is 0 Å². The maximum atomic E-state index is 12.4. The zero-order valence-electron chi connectivity index (χ0n) is 11.8. The van der Waals surface area contributed by atoms with Crippen molar-refractivity contribution in [1.82, 2.24) is 14.9 Å². The Morgan fingerprint density at radius 2 is 2.25 bits per heavy atom. The maximum absolute atomic E-state index is 12.4. The number of hydrogen-bond donors (Lipinski definition) is 2. The molecule has 0 radical (unpaired) electrons. The van der Waals surface area contributed by atoms with Crippen molar-refractivity contribution in [2.24, 2.45) is 0 Å². The minimum atomic E-state index is -3.67. The third-order valence-electron chi connectivity index (χ3n) is 3.32. The fraction of sp³-hybridized carbons (Fsp3) is 0.583. The molecule has 2 rings (SSSR count). The molecule has 7 nitrogen and oxygen atoms in total. The summed E-state index contributed by atoms with van der Waals surface area (Å²) in [5, 5.41) is 3.02. The van der Waals surface area contributed by atoms with Crippen LogP contribution in [0.4, 0.5) is 0 Å². The van der Waals surface area contributed by atoms with Crippen molar-refractivity contribution >= 4 is 15.9 Å². The predicted octanol–water partition coefficient (Wildman–Crippen LogP) is -0.0700. The first-order valence-electron chi connectivity index (χ1n) is 6.42. The maximum Gasteiger partial charge on any atom is 0.273 e. The summed E-state index contributed by atoms with van der Waals surface area (Å²) in [6.45, 7) is 5.51. The summed E-state index contributed by atoms with van der Waals surface area (Å²) in [6.07, 6.45) is 0. The van der Waals surface area contributed by atoms with Gasteiger partial charge in [0.2, 0.25) is 5.09 Å². The number of sulfonamides is 1. The van der Waals surface area contributed by atoms with Crippen LogP contribution in [0.25, 0.3) is 0 Å². The molecule has 1 aromatic heterocycles. The molecule has 0 aromatic carbocycles. The van der Waals surface area contributed by atoms with Crippen LogP contribution in [0.2, 0.25) is 0 Å². The monoisotopic (exact) mass is 301 g/mol. The Labute approximate surface area is 118 Å². The average Bonchev–Trinajstić information content (AvgIpc) is 2.81. The van der Waals surface area contributed by atoms with Gasteiger partial charge in [-0.25, -0.2) is 13.1 Å². The van der Waals surface area contributed by atoms with E-state index in [1.165, 1.54) is 13.1 Å². The molecule has 112 valence electrons. The van der Waals surface area contributed by atoms with Gasteiger partial charge in [-0.15, -0.1) is 0 Å². The summed E-state index contributed by atoms with van der Waals surface area (Å²) in [6, 6.07) is 1.51. The molecule has 0 spiro atoms. The molecule has 0 saturated carbocycles. The standard InChI is InChI=1S/C12H19N3O4S/c1-8-7-15(5-4-14-8)12(16)10-6-11(19-9(10)2)20(17,18)13-3/h6,8,13-14H,4-5,7H2,1-3H3. The van der Waals surface area contributed by atoms with Gasteiger partial charge < -0.3 is 14.6 Å². The minimum absolute atomic E-state index is 0.197. The number of amides is 1. The number of piperazine rings is 1. The molecule has 1 unspecified atom stereocenters. The van der Waals surface area contributed by atoms with Crippen molar-refractivity contribution in [3.63, 3.8) is 0 Å². The summed E-state index contributed by atoms with van der Waals surface area (Å²) in [5.74, 6) is 0.118. The van der Waals surface area contributed by atoms with E-state index in [1.807, 2.05) is 6.92 Å². The molecule has 1 saturated heterocycles. The largest absolute Gasteiger partial charge is 0.448 e. The molecular formula is C12H19N3O4S. The lowest BCUT2D eigenvalue weighted by atomic mass is 10.2. The van der Waals surface area contributed by atoms with E-state index in [9.17, 15) is 13.2 Å². The van der Waals surface area contributed by atoms with E-state index < -0.39 is 10.0 Å². The van der Waals surface area contributed by atoms with Gasteiger partial charge in [-0.05, 0) is 20.9 Å². The van der Waals surface area contributed by atoms with Crippen molar-refractivity contribution in [3.05, 3.63) is 17.4 Å². The highest BCUT2D eigenvalue weighted by atomic mass is 32.2. The van der Waals surface area contributed by atoms with Gasteiger partial charge in [0.05, 0.1) is 5.56 Å². The molecule has 1 atom stereocenters. The first-order valence-corrected chi connectivity index (χ1v) is 7.90. The van der Waals surface area contributed by atoms with Crippen molar-refractivity contribution in [2.45, 2.75) is 25.0 Å². The second-order valence-electron chi connectivity index (χ2n) is 4.85. The summed E-state index contributed by atoms with van der Waals surface area (Å²) in [5.41, 5.74) is 0.299. The van der Waals surface area contributed by atoms with Crippen LogP contribution in [-0.2, 0) is 10.0 Å². The zero-order chi connectivity index (χ0) is 14.9. The molecule has 20 heavy (non-hydrogen) atoms. The molecule has 2 N–H and O–H groups in total. The highest BCUT2D eigenvalue weighted by Crippen LogP contribution is 2.21. The van der Waals surface area contributed by atoms with Crippen LogP contribution in [-0.4, -0.2) is 51.9 Å². The van der Waals surface area contributed by atoms with E-state index in [0.717, 1.165) is 6.54 Å². The van der Waals surface area contributed by atoms with Gasteiger partial charge in [0, 0.05) is 31.7 Å². The predicted molar refractivity (Wildman–Crippen MR) is 73.1 cm³/mol. The Morgan fingerprint density at radius 3 is 2.85 bits per heavy atom. The number of carbonyl (C=O) groups is 1. The van der Waals surface area contributed by atoms with Gasteiger partial charge in [0.25, 0.3) is 15.9 Å². The molecule has 1 aromatic rings. The van der Waals surface area contributed by atoms with Crippen LogP contribution in [0.3, 0.4) is 0 Å². The van der Waals surface area contributed by atoms with Crippen molar-refractivity contribution in [3.8, 4) is 0 Å². The smallest absolute Gasteiger partial charge is 0.273 e. The van der Waals surface area contributed by atoms with Crippen molar-refractivity contribution in [1.29, 1.82) is 0 Å². The second kappa shape index (κ2) is 5.55. The number of aryl methyl sites for hydroxylation is 1.